The smallest absolute Gasteiger partial charge is 0.319 e. The van der Waals surface area contributed by atoms with Crippen LogP contribution < -0.4 is 10.6 Å². The number of thioether (sulfide) groups is 1. The first-order chi connectivity index (χ1) is 13.4. The molecule has 4 amide bonds. The average Bonchev–Trinajstić information content (AvgIpc) is 2.94. The SMILES string of the molecule is CC1CN(CCNC(=O)Nc2ccc(CN3C(=O)CSC3=O)cc2)CC(C)O1. The predicted octanol–water partition coefficient (Wildman–Crippen LogP) is 2.11. The fourth-order valence-corrected chi connectivity index (χ4v) is 4.10. The molecule has 1 aromatic carbocycles. The second-order valence-corrected chi connectivity index (χ2v) is 8.06. The monoisotopic (exact) mass is 406 g/mol. The van der Waals surface area contributed by atoms with E-state index in [2.05, 4.69) is 29.4 Å². The first kappa shape index (κ1) is 20.6. The molecule has 2 saturated heterocycles. The number of imide groups is 1. The number of ether oxygens (including phenoxy) is 1. The number of anilines is 1. The highest BCUT2D eigenvalue weighted by Gasteiger charge is 2.29. The zero-order valence-electron chi connectivity index (χ0n) is 16.1. The summed E-state index contributed by atoms with van der Waals surface area (Å²) in [6, 6.07) is 6.87. The average molecular weight is 407 g/mol. The summed E-state index contributed by atoms with van der Waals surface area (Å²) in [6.45, 7) is 7.45. The standard InChI is InChI=1S/C19H26N4O4S/c1-13-9-22(10-14(2)27-13)8-7-20-18(25)21-16-5-3-15(4-6-16)11-23-17(24)12-28-19(23)26/h3-6,13-14H,7-12H2,1-2H3,(H2,20,21,25). The molecule has 152 valence electrons. The van der Waals surface area contributed by atoms with Crippen molar-refractivity contribution in [3.05, 3.63) is 29.8 Å². The van der Waals surface area contributed by atoms with E-state index < -0.39 is 0 Å². The van der Waals surface area contributed by atoms with Gasteiger partial charge in [-0.2, -0.15) is 0 Å². The maximum Gasteiger partial charge on any atom is 0.319 e. The number of amides is 4. The largest absolute Gasteiger partial charge is 0.373 e. The van der Waals surface area contributed by atoms with Crippen LogP contribution in [-0.4, -0.2) is 71.1 Å². The quantitative estimate of drug-likeness (QED) is 0.752. The molecule has 8 nitrogen and oxygen atoms in total. The third-order valence-corrected chi connectivity index (χ3v) is 5.46. The minimum absolute atomic E-state index is 0.166. The van der Waals surface area contributed by atoms with Crippen LogP contribution in [0.3, 0.4) is 0 Å². The Morgan fingerprint density at radius 2 is 1.86 bits per heavy atom. The zero-order chi connectivity index (χ0) is 20.1. The van der Waals surface area contributed by atoms with Crippen LogP contribution in [0.5, 0.6) is 0 Å². The molecule has 2 aliphatic heterocycles. The lowest BCUT2D eigenvalue weighted by molar-refractivity contribution is -0.125. The molecule has 0 aromatic heterocycles. The van der Waals surface area contributed by atoms with E-state index in [9.17, 15) is 14.4 Å². The molecular formula is C19H26N4O4S. The summed E-state index contributed by atoms with van der Waals surface area (Å²) in [4.78, 5) is 38.9. The van der Waals surface area contributed by atoms with Gasteiger partial charge in [0.05, 0.1) is 24.5 Å². The van der Waals surface area contributed by atoms with Gasteiger partial charge < -0.3 is 15.4 Å². The van der Waals surface area contributed by atoms with Gasteiger partial charge in [-0.1, -0.05) is 23.9 Å². The number of benzene rings is 1. The van der Waals surface area contributed by atoms with Gasteiger partial charge in [0.15, 0.2) is 0 Å². The van der Waals surface area contributed by atoms with Crippen molar-refractivity contribution in [1.29, 1.82) is 0 Å². The number of nitrogens with zero attached hydrogens (tertiary/aromatic N) is 2. The lowest BCUT2D eigenvalue weighted by Gasteiger charge is -2.35. The highest BCUT2D eigenvalue weighted by atomic mass is 32.2. The lowest BCUT2D eigenvalue weighted by atomic mass is 10.2. The summed E-state index contributed by atoms with van der Waals surface area (Å²) in [5.74, 6) is 0.0432. The maximum atomic E-state index is 12.1. The van der Waals surface area contributed by atoms with Gasteiger partial charge in [-0.15, -0.1) is 0 Å². The minimum atomic E-state index is -0.261. The number of morpholine rings is 1. The topological polar surface area (TPSA) is 91.0 Å². The Hall–Kier alpha value is -2.10. The van der Waals surface area contributed by atoms with Gasteiger partial charge in [-0.05, 0) is 31.5 Å². The molecule has 0 spiro atoms. The van der Waals surface area contributed by atoms with E-state index in [0.717, 1.165) is 37.0 Å². The van der Waals surface area contributed by atoms with E-state index in [0.29, 0.717) is 12.2 Å². The van der Waals surface area contributed by atoms with Crippen molar-refractivity contribution in [1.82, 2.24) is 15.1 Å². The molecule has 1 aromatic rings. The Kier molecular flexibility index (Phi) is 6.93. The van der Waals surface area contributed by atoms with E-state index >= 15 is 0 Å². The Bertz CT molecular complexity index is 701. The van der Waals surface area contributed by atoms with Gasteiger partial charge in [0.1, 0.15) is 0 Å². The van der Waals surface area contributed by atoms with Gasteiger partial charge in [-0.3, -0.25) is 19.4 Å². The predicted molar refractivity (Wildman–Crippen MR) is 108 cm³/mol. The van der Waals surface area contributed by atoms with E-state index in [1.165, 1.54) is 4.90 Å². The number of urea groups is 1. The summed E-state index contributed by atoms with van der Waals surface area (Å²) in [6.07, 6.45) is 0.418. The highest BCUT2D eigenvalue weighted by molar-refractivity contribution is 8.14. The fraction of sp³-hybridized carbons (Fsp3) is 0.526. The highest BCUT2D eigenvalue weighted by Crippen LogP contribution is 2.21. The van der Waals surface area contributed by atoms with Crippen LogP contribution in [0, 0.1) is 0 Å². The van der Waals surface area contributed by atoms with Crippen molar-refractivity contribution in [3.63, 3.8) is 0 Å². The first-order valence-electron chi connectivity index (χ1n) is 9.39. The Balaban J connectivity index is 1.40. The zero-order valence-corrected chi connectivity index (χ0v) is 17.0. The van der Waals surface area contributed by atoms with Gasteiger partial charge >= 0.3 is 6.03 Å². The second kappa shape index (κ2) is 9.40. The molecule has 2 atom stereocenters. The molecule has 9 heteroatoms. The van der Waals surface area contributed by atoms with E-state index in [-0.39, 0.29) is 41.7 Å². The number of rotatable bonds is 6. The second-order valence-electron chi connectivity index (χ2n) is 7.13. The summed E-state index contributed by atoms with van der Waals surface area (Å²) >= 11 is 1.02. The van der Waals surface area contributed by atoms with Crippen LogP contribution in [0.25, 0.3) is 0 Å². The normalized spacial score (nSPS) is 23.1. The summed E-state index contributed by atoms with van der Waals surface area (Å²) < 4.78 is 5.70. The molecule has 2 fully saturated rings. The molecule has 2 heterocycles. The van der Waals surface area contributed by atoms with Crippen molar-refractivity contribution in [2.24, 2.45) is 0 Å². The summed E-state index contributed by atoms with van der Waals surface area (Å²) in [5.41, 5.74) is 1.49. The molecular weight excluding hydrogens is 380 g/mol. The van der Waals surface area contributed by atoms with Crippen LogP contribution >= 0.6 is 11.8 Å². The molecule has 3 rings (SSSR count). The van der Waals surface area contributed by atoms with Crippen molar-refractivity contribution < 1.29 is 19.1 Å². The number of hydrogen-bond donors (Lipinski definition) is 2. The molecule has 0 saturated carbocycles. The molecule has 2 aliphatic rings. The Morgan fingerprint density at radius 3 is 2.46 bits per heavy atom. The van der Waals surface area contributed by atoms with Crippen LogP contribution in [0.4, 0.5) is 15.3 Å². The lowest BCUT2D eigenvalue weighted by Crippen LogP contribution is -2.48. The van der Waals surface area contributed by atoms with Crippen molar-refractivity contribution in [2.45, 2.75) is 32.6 Å². The van der Waals surface area contributed by atoms with Crippen molar-refractivity contribution >= 4 is 34.6 Å². The van der Waals surface area contributed by atoms with Crippen LogP contribution in [-0.2, 0) is 16.1 Å². The van der Waals surface area contributed by atoms with Crippen molar-refractivity contribution in [3.8, 4) is 0 Å². The van der Waals surface area contributed by atoms with Gasteiger partial charge in [0, 0.05) is 31.9 Å². The first-order valence-corrected chi connectivity index (χ1v) is 10.4. The molecule has 0 radical (unpaired) electrons. The third kappa shape index (κ3) is 5.70. The van der Waals surface area contributed by atoms with E-state index in [1.807, 2.05) is 0 Å². The van der Waals surface area contributed by atoms with Crippen LogP contribution in [0.15, 0.2) is 24.3 Å². The fourth-order valence-electron chi connectivity index (χ4n) is 3.38. The number of hydrogen-bond acceptors (Lipinski definition) is 6. The molecule has 2 unspecified atom stereocenters. The van der Waals surface area contributed by atoms with Crippen molar-refractivity contribution in [2.75, 3.05) is 37.2 Å². The van der Waals surface area contributed by atoms with E-state index in [4.69, 9.17) is 4.74 Å². The van der Waals surface area contributed by atoms with Gasteiger partial charge in [-0.25, -0.2) is 4.79 Å². The molecule has 28 heavy (non-hydrogen) atoms. The molecule has 0 aliphatic carbocycles. The van der Waals surface area contributed by atoms with Gasteiger partial charge in [0.2, 0.25) is 5.91 Å². The molecule has 2 N–H and O–H groups in total. The summed E-state index contributed by atoms with van der Waals surface area (Å²) in [5, 5.41) is 5.44. The number of carbonyl (C=O) groups excluding carboxylic acids is 3. The number of carbonyl (C=O) groups is 3. The minimum Gasteiger partial charge on any atom is -0.373 e. The van der Waals surface area contributed by atoms with E-state index in [1.54, 1.807) is 24.3 Å². The Labute approximate surface area is 169 Å². The van der Waals surface area contributed by atoms with Crippen LogP contribution in [0.1, 0.15) is 19.4 Å². The number of nitrogens with one attached hydrogen (secondary N) is 2. The third-order valence-electron chi connectivity index (χ3n) is 4.60. The van der Waals surface area contributed by atoms with Crippen LogP contribution in [0.2, 0.25) is 0 Å². The Morgan fingerprint density at radius 1 is 1.18 bits per heavy atom. The van der Waals surface area contributed by atoms with Gasteiger partial charge in [0.25, 0.3) is 5.24 Å². The molecule has 0 bridgehead atoms. The maximum absolute atomic E-state index is 12.1. The summed E-state index contributed by atoms with van der Waals surface area (Å²) in [7, 11) is 0.